The first kappa shape index (κ1) is 21.2. The molecule has 0 aliphatic carbocycles. The summed E-state index contributed by atoms with van der Waals surface area (Å²) in [6.45, 7) is 10.3. The van der Waals surface area contributed by atoms with E-state index in [4.69, 9.17) is 9.78 Å². The van der Waals surface area contributed by atoms with Gasteiger partial charge in [-0.3, -0.25) is 0 Å². The first-order valence-corrected chi connectivity index (χ1v) is 8.70. The van der Waals surface area contributed by atoms with E-state index in [-0.39, 0.29) is 0 Å². The summed E-state index contributed by atoms with van der Waals surface area (Å²) in [6.07, 6.45) is 7.89. The fraction of sp³-hybridized carbons (Fsp3) is 0.588. The standard InChI is InChI=1S/C10H13N5O2.C5H8N2.C2H6/c1-7-9(8(2)17-12-7)4-15-5-10(11-6-15)14(3)13-16;6-5-7-3-1-2-4-7;1-2/h5-6H,4H2,1-3H3;1-4H2;1-2H3. The topological polar surface area (TPSA) is 104 Å². The zero-order chi connectivity index (χ0) is 19.5. The minimum Gasteiger partial charge on any atom is -0.361 e. The number of aromatic nitrogens is 3. The van der Waals surface area contributed by atoms with E-state index in [1.165, 1.54) is 17.9 Å². The summed E-state index contributed by atoms with van der Waals surface area (Å²) in [4.78, 5) is 16.2. The van der Waals surface area contributed by atoms with Crippen LogP contribution in [0.25, 0.3) is 0 Å². The molecule has 0 amide bonds. The smallest absolute Gasteiger partial charge is 0.179 e. The normalized spacial score (nSPS) is 12.4. The summed E-state index contributed by atoms with van der Waals surface area (Å²) in [6, 6.07) is 0. The highest BCUT2D eigenvalue weighted by Crippen LogP contribution is 2.16. The zero-order valence-electron chi connectivity index (χ0n) is 16.1. The van der Waals surface area contributed by atoms with Crippen LogP contribution in [-0.2, 0) is 6.54 Å². The molecular weight excluding hydrogens is 334 g/mol. The Morgan fingerprint density at radius 1 is 1.35 bits per heavy atom. The van der Waals surface area contributed by atoms with E-state index in [9.17, 15) is 4.91 Å². The van der Waals surface area contributed by atoms with Crippen LogP contribution in [0, 0.1) is 30.2 Å². The van der Waals surface area contributed by atoms with Crippen molar-refractivity contribution in [1.29, 1.82) is 5.26 Å². The number of imidazole rings is 1. The molecule has 1 saturated heterocycles. The highest BCUT2D eigenvalue weighted by molar-refractivity contribution is 5.33. The molecule has 0 atom stereocenters. The molecular formula is C17H27N7O2. The van der Waals surface area contributed by atoms with E-state index < -0.39 is 0 Å². The fourth-order valence-electron chi connectivity index (χ4n) is 2.37. The lowest BCUT2D eigenvalue weighted by Gasteiger charge is -2.03. The zero-order valence-corrected chi connectivity index (χ0v) is 16.1. The lowest BCUT2D eigenvalue weighted by atomic mass is 10.2. The Balaban J connectivity index is 0.000000313. The molecule has 0 N–H and O–H groups in total. The number of nitriles is 1. The second kappa shape index (κ2) is 10.9. The summed E-state index contributed by atoms with van der Waals surface area (Å²) in [5.74, 6) is 1.30. The quantitative estimate of drug-likeness (QED) is 0.468. The van der Waals surface area contributed by atoms with E-state index in [0.29, 0.717) is 12.4 Å². The number of hydrogen-bond donors (Lipinski definition) is 0. The summed E-state index contributed by atoms with van der Waals surface area (Å²) in [5.41, 5.74) is 1.88. The Morgan fingerprint density at radius 3 is 2.46 bits per heavy atom. The van der Waals surface area contributed by atoms with Crippen molar-refractivity contribution in [2.24, 2.45) is 5.29 Å². The number of likely N-dealkylation sites (tertiary alicyclic amines) is 1. The SMILES string of the molecule is CC.Cc1noc(C)c1Cn1cnc(N(C)N=O)c1.N#CN1CCCC1. The Kier molecular flexibility index (Phi) is 8.84. The molecule has 26 heavy (non-hydrogen) atoms. The highest BCUT2D eigenvalue weighted by Gasteiger charge is 2.11. The van der Waals surface area contributed by atoms with Gasteiger partial charge >= 0.3 is 0 Å². The Labute approximate surface area is 154 Å². The first-order chi connectivity index (χ1) is 12.5. The van der Waals surface area contributed by atoms with Crippen LogP contribution in [0.3, 0.4) is 0 Å². The van der Waals surface area contributed by atoms with E-state index in [1.807, 2.05) is 32.3 Å². The number of anilines is 1. The van der Waals surface area contributed by atoms with Crippen LogP contribution in [0.15, 0.2) is 22.3 Å². The molecule has 0 radical (unpaired) electrons. The minimum absolute atomic E-state index is 0.506. The van der Waals surface area contributed by atoms with Gasteiger partial charge in [0.05, 0.1) is 23.9 Å². The minimum atomic E-state index is 0.506. The van der Waals surface area contributed by atoms with E-state index >= 15 is 0 Å². The molecule has 0 aromatic carbocycles. The lowest BCUT2D eigenvalue weighted by Crippen LogP contribution is -2.10. The van der Waals surface area contributed by atoms with Crippen LogP contribution in [0.2, 0.25) is 0 Å². The predicted molar refractivity (Wildman–Crippen MR) is 99.3 cm³/mol. The van der Waals surface area contributed by atoms with Gasteiger partial charge in [0.2, 0.25) is 0 Å². The monoisotopic (exact) mass is 361 g/mol. The molecule has 3 heterocycles. The average Bonchev–Trinajstić information content (AvgIpc) is 3.42. The van der Waals surface area contributed by atoms with Gasteiger partial charge in [-0.05, 0) is 26.7 Å². The highest BCUT2D eigenvalue weighted by atomic mass is 16.5. The maximum atomic E-state index is 10.3. The van der Waals surface area contributed by atoms with Gasteiger partial charge in [-0.2, -0.15) is 5.26 Å². The van der Waals surface area contributed by atoms with Gasteiger partial charge in [0.25, 0.3) is 0 Å². The number of nitroso groups, excluding NO2 is 1. The van der Waals surface area contributed by atoms with E-state index in [1.54, 1.807) is 24.5 Å². The molecule has 0 bridgehead atoms. The molecule has 9 heteroatoms. The number of rotatable bonds is 4. The van der Waals surface area contributed by atoms with Crippen molar-refractivity contribution >= 4 is 5.82 Å². The molecule has 1 aliphatic heterocycles. The summed E-state index contributed by atoms with van der Waals surface area (Å²) >= 11 is 0. The lowest BCUT2D eigenvalue weighted by molar-refractivity contribution is 0.392. The molecule has 1 aliphatic rings. The first-order valence-electron chi connectivity index (χ1n) is 8.70. The van der Waals surface area contributed by atoms with Gasteiger partial charge in [0, 0.05) is 31.9 Å². The maximum absolute atomic E-state index is 10.3. The largest absolute Gasteiger partial charge is 0.361 e. The third-order valence-corrected chi connectivity index (χ3v) is 3.84. The van der Waals surface area contributed by atoms with Crippen LogP contribution in [0.4, 0.5) is 5.82 Å². The van der Waals surface area contributed by atoms with Crippen molar-refractivity contribution in [3.05, 3.63) is 34.4 Å². The summed E-state index contributed by atoms with van der Waals surface area (Å²) < 4.78 is 6.93. The van der Waals surface area contributed by atoms with Crippen LogP contribution in [-0.4, -0.2) is 39.7 Å². The molecule has 2 aromatic heterocycles. The molecule has 1 fully saturated rings. The second-order valence-electron chi connectivity index (χ2n) is 5.61. The Bertz CT molecular complexity index is 692. The van der Waals surface area contributed by atoms with Crippen molar-refractivity contribution in [3.63, 3.8) is 0 Å². The Morgan fingerprint density at radius 2 is 2.00 bits per heavy atom. The number of hydrogen-bond acceptors (Lipinski definition) is 7. The van der Waals surface area contributed by atoms with Crippen LogP contribution < -0.4 is 5.01 Å². The molecule has 2 aromatic rings. The van der Waals surface area contributed by atoms with Crippen molar-refractivity contribution in [2.45, 2.75) is 47.1 Å². The Hall–Kier alpha value is -2.89. The van der Waals surface area contributed by atoms with Crippen molar-refractivity contribution in [1.82, 2.24) is 19.6 Å². The van der Waals surface area contributed by atoms with Gasteiger partial charge < -0.3 is 14.0 Å². The van der Waals surface area contributed by atoms with Gasteiger partial charge in [0.1, 0.15) is 5.76 Å². The van der Waals surface area contributed by atoms with E-state index in [0.717, 1.165) is 30.1 Å². The van der Waals surface area contributed by atoms with Crippen molar-refractivity contribution in [3.8, 4) is 6.19 Å². The average molecular weight is 361 g/mol. The molecule has 9 nitrogen and oxygen atoms in total. The molecule has 0 unspecified atom stereocenters. The fourth-order valence-corrected chi connectivity index (χ4v) is 2.37. The number of nitrogens with zero attached hydrogens (tertiary/aromatic N) is 7. The third kappa shape index (κ3) is 5.88. The molecule has 142 valence electrons. The van der Waals surface area contributed by atoms with Gasteiger partial charge in [-0.25, -0.2) is 9.99 Å². The van der Waals surface area contributed by atoms with Crippen LogP contribution in [0.5, 0.6) is 0 Å². The number of aryl methyl sites for hydroxylation is 2. The van der Waals surface area contributed by atoms with Gasteiger partial charge in [0.15, 0.2) is 12.0 Å². The maximum Gasteiger partial charge on any atom is 0.179 e. The van der Waals surface area contributed by atoms with Crippen LogP contribution >= 0.6 is 0 Å². The summed E-state index contributed by atoms with van der Waals surface area (Å²) in [7, 11) is 1.55. The van der Waals surface area contributed by atoms with Crippen LogP contribution in [0.1, 0.15) is 43.7 Å². The molecule has 3 rings (SSSR count). The molecule has 0 spiro atoms. The summed E-state index contributed by atoms with van der Waals surface area (Å²) in [5, 5.41) is 16.1. The predicted octanol–water partition coefficient (Wildman–Crippen LogP) is 3.24. The molecule has 0 saturated carbocycles. The van der Waals surface area contributed by atoms with Gasteiger partial charge in [-0.15, -0.1) is 4.91 Å². The van der Waals surface area contributed by atoms with E-state index in [2.05, 4.69) is 21.6 Å². The van der Waals surface area contributed by atoms with Gasteiger partial charge in [-0.1, -0.05) is 19.0 Å². The van der Waals surface area contributed by atoms with Crippen molar-refractivity contribution < 1.29 is 4.52 Å². The van der Waals surface area contributed by atoms with Crippen molar-refractivity contribution in [2.75, 3.05) is 25.1 Å². The second-order valence-corrected chi connectivity index (χ2v) is 5.61. The third-order valence-electron chi connectivity index (χ3n) is 3.84.